The predicted octanol–water partition coefficient (Wildman–Crippen LogP) is 1.32. The molecule has 0 aromatic heterocycles. The molecule has 1 saturated heterocycles. The van der Waals surface area contributed by atoms with Crippen LogP contribution in [0.5, 0.6) is 0 Å². The van der Waals surface area contributed by atoms with Crippen molar-refractivity contribution in [1.29, 1.82) is 0 Å². The van der Waals surface area contributed by atoms with E-state index in [2.05, 4.69) is 4.74 Å². The van der Waals surface area contributed by atoms with Gasteiger partial charge in [-0.2, -0.15) is 4.31 Å². The molecule has 1 unspecified atom stereocenters. The van der Waals surface area contributed by atoms with E-state index in [0.717, 1.165) is 18.4 Å². The van der Waals surface area contributed by atoms with Gasteiger partial charge in [0.2, 0.25) is 10.0 Å². The predicted molar refractivity (Wildman–Crippen MR) is 85.7 cm³/mol. The van der Waals surface area contributed by atoms with Gasteiger partial charge in [-0.05, 0) is 31.9 Å². The fourth-order valence-corrected chi connectivity index (χ4v) is 4.17. The first kappa shape index (κ1) is 18.9. The van der Waals surface area contributed by atoms with Crippen LogP contribution in [0.25, 0.3) is 0 Å². The minimum Gasteiger partial charge on any atom is -0.465 e. The average Bonchev–Trinajstić information content (AvgIpc) is 2.46. The first-order chi connectivity index (χ1) is 9.86. The van der Waals surface area contributed by atoms with E-state index in [-0.39, 0.29) is 35.5 Å². The molecule has 1 heterocycles. The van der Waals surface area contributed by atoms with Crippen LogP contribution in [0.2, 0.25) is 0 Å². The third-order valence-electron chi connectivity index (χ3n) is 3.58. The second-order valence-electron chi connectivity index (χ2n) is 5.26. The Labute approximate surface area is 137 Å². The summed E-state index contributed by atoms with van der Waals surface area (Å²) < 4.78 is 31.5. The normalized spacial score (nSPS) is 19.3. The molecule has 2 rings (SSSR count). The van der Waals surface area contributed by atoms with Gasteiger partial charge in [0.05, 0.1) is 17.6 Å². The summed E-state index contributed by atoms with van der Waals surface area (Å²) in [4.78, 5) is 11.8. The largest absolute Gasteiger partial charge is 0.465 e. The molecule has 1 aromatic rings. The fraction of sp³-hybridized carbons (Fsp3) is 0.500. The SMILES string of the molecule is COC(=O)c1cc(C)ccc1S(=O)(=O)N1CCCC(N)C1.Cl. The standard InChI is InChI=1S/C14H20N2O4S.ClH/c1-10-5-6-13(12(8-10)14(17)20-2)21(18,19)16-7-3-4-11(15)9-16;/h5-6,8,11H,3-4,7,9,15H2,1-2H3;1H. The molecule has 1 aromatic carbocycles. The number of aryl methyl sites for hydroxylation is 1. The lowest BCUT2D eigenvalue weighted by atomic mass is 10.1. The molecule has 22 heavy (non-hydrogen) atoms. The van der Waals surface area contributed by atoms with Crippen molar-refractivity contribution in [1.82, 2.24) is 4.31 Å². The van der Waals surface area contributed by atoms with Gasteiger partial charge in [0.15, 0.2) is 0 Å². The Bertz CT molecular complexity index is 648. The van der Waals surface area contributed by atoms with Crippen molar-refractivity contribution in [2.75, 3.05) is 20.2 Å². The molecule has 6 nitrogen and oxygen atoms in total. The topological polar surface area (TPSA) is 89.7 Å². The Morgan fingerprint density at radius 1 is 1.41 bits per heavy atom. The minimum absolute atomic E-state index is 0. The molecule has 1 aliphatic heterocycles. The molecule has 0 saturated carbocycles. The second-order valence-corrected chi connectivity index (χ2v) is 7.16. The highest BCUT2D eigenvalue weighted by atomic mass is 35.5. The Balaban J connectivity index is 0.00000242. The van der Waals surface area contributed by atoms with Crippen LogP contribution < -0.4 is 5.73 Å². The van der Waals surface area contributed by atoms with E-state index in [1.807, 2.05) is 0 Å². The summed E-state index contributed by atoms with van der Waals surface area (Å²) in [6, 6.07) is 4.49. The highest BCUT2D eigenvalue weighted by Gasteiger charge is 2.32. The van der Waals surface area contributed by atoms with E-state index in [0.29, 0.717) is 6.54 Å². The summed E-state index contributed by atoms with van der Waals surface area (Å²) in [5, 5.41) is 0. The first-order valence-electron chi connectivity index (χ1n) is 6.81. The van der Waals surface area contributed by atoms with Crippen molar-refractivity contribution < 1.29 is 17.9 Å². The molecule has 0 amide bonds. The zero-order chi connectivity index (χ0) is 15.6. The van der Waals surface area contributed by atoms with Gasteiger partial charge in [-0.3, -0.25) is 0 Å². The number of esters is 1. The van der Waals surface area contributed by atoms with Gasteiger partial charge in [-0.25, -0.2) is 13.2 Å². The lowest BCUT2D eigenvalue weighted by molar-refractivity contribution is 0.0596. The van der Waals surface area contributed by atoms with Gasteiger partial charge >= 0.3 is 5.97 Å². The summed E-state index contributed by atoms with van der Waals surface area (Å²) in [5.41, 5.74) is 6.71. The highest BCUT2D eigenvalue weighted by molar-refractivity contribution is 7.89. The summed E-state index contributed by atoms with van der Waals surface area (Å²) in [6.45, 7) is 2.49. The van der Waals surface area contributed by atoms with Gasteiger partial charge in [0.1, 0.15) is 0 Å². The second kappa shape index (κ2) is 7.41. The lowest BCUT2D eigenvalue weighted by Gasteiger charge is -2.30. The number of nitrogens with zero attached hydrogens (tertiary/aromatic N) is 1. The molecule has 1 fully saturated rings. The Morgan fingerprint density at radius 3 is 2.68 bits per heavy atom. The lowest BCUT2D eigenvalue weighted by Crippen LogP contribution is -2.45. The van der Waals surface area contributed by atoms with Crippen molar-refractivity contribution in [2.45, 2.75) is 30.7 Å². The van der Waals surface area contributed by atoms with Crippen LogP contribution in [0.15, 0.2) is 23.1 Å². The van der Waals surface area contributed by atoms with E-state index < -0.39 is 16.0 Å². The summed E-state index contributed by atoms with van der Waals surface area (Å²) in [7, 11) is -2.51. The van der Waals surface area contributed by atoms with Crippen molar-refractivity contribution in [3.63, 3.8) is 0 Å². The number of carbonyl (C=O) groups excluding carboxylic acids is 1. The third kappa shape index (κ3) is 3.78. The fourth-order valence-electron chi connectivity index (χ4n) is 2.47. The highest BCUT2D eigenvalue weighted by Crippen LogP contribution is 2.24. The maximum absolute atomic E-state index is 12.7. The maximum Gasteiger partial charge on any atom is 0.339 e. The number of carbonyl (C=O) groups is 1. The van der Waals surface area contributed by atoms with Gasteiger partial charge in [0, 0.05) is 19.1 Å². The molecule has 1 atom stereocenters. The van der Waals surface area contributed by atoms with Crippen molar-refractivity contribution in [2.24, 2.45) is 5.73 Å². The van der Waals surface area contributed by atoms with Crippen LogP contribution >= 0.6 is 12.4 Å². The van der Waals surface area contributed by atoms with Gasteiger partial charge in [0.25, 0.3) is 0 Å². The van der Waals surface area contributed by atoms with Crippen LogP contribution in [0.3, 0.4) is 0 Å². The Kier molecular flexibility index (Phi) is 6.37. The minimum atomic E-state index is -3.74. The smallest absolute Gasteiger partial charge is 0.339 e. The third-order valence-corrected chi connectivity index (χ3v) is 5.50. The Hall–Kier alpha value is -1.15. The molecule has 1 aliphatic rings. The molecule has 2 N–H and O–H groups in total. The van der Waals surface area contributed by atoms with E-state index >= 15 is 0 Å². The van der Waals surface area contributed by atoms with Crippen molar-refractivity contribution >= 4 is 28.4 Å². The van der Waals surface area contributed by atoms with Gasteiger partial charge < -0.3 is 10.5 Å². The van der Waals surface area contributed by atoms with Gasteiger partial charge in [-0.1, -0.05) is 11.6 Å². The summed E-state index contributed by atoms with van der Waals surface area (Å²) in [6.07, 6.45) is 1.53. The van der Waals surface area contributed by atoms with Crippen molar-refractivity contribution in [3.05, 3.63) is 29.3 Å². The zero-order valence-electron chi connectivity index (χ0n) is 12.6. The van der Waals surface area contributed by atoms with E-state index in [9.17, 15) is 13.2 Å². The zero-order valence-corrected chi connectivity index (χ0v) is 14.2. The van der Waals surface area contributed by atoms with Gasteiger partial charge in [-0.15, -0.1) is 12.4 Å². The number of halogens is 1. The number of hydrogen-bond donors (Lipinski definition) is 1. The Morgan fingerprint density at radius 2 is 2.09 bits per heavy atom. The summed E-state index contributed by atoms with van der Waals surface area (Å²) >= 11 is 0. The van der Waals surface area contributed by atoms with Crippen LogP contribution in [0.4, 0.5) is 0 Å². The number of piperidine rings is 1. The maximum atomic E-state index is 12.7. The molecule has 0 radical (unpaired) electrons. The molecule has 0 aliphatic carbocycles. The van der Waals surface area contributed by atoms with Crippen LogP contribution in [-0.4, -0.2) is 44.9 Å². The van der Waals surface area contributed by atoms with Crippen molar-refractivity contribution in [3.8, 4) is 0 Å². The summed E-state index contributed by atoms with van der Waals surface area (Å²) in [5.74, 6) is -0.654. The molecule has 0 bridgehead atoms. The number of benzene rings is 1. The van der Waals surface area contributed by atoms with Crippen LogP contribution in [0, 0.1) is 6.92 Å². The van der Waals surface area contributed by atoms with E-state index in [1.165, 1.54) is 23.5 Å². The average molecular weight is 349 g/mol. The first-order valence-corrected chi connectivity index (χ1v) is 8.25. The molecule has 124 valence electrons. The van der Waals surface area contributed by atoms with Crippen LogP contribution in [0.1, 0.15) is 28.8 Å². The number of sulfonamides is 1. The number of hydrogen-bond acceptors (Lipinski definition) is 5. The number of rotatable bonds is 3. The number of ether oxygens (including phenoxy) is 1. The van der Waals surface area contributed by atoms with E-state index in [4.69, 9.17) is 5.73 Å². The molecular weight excluding hydrogens is 328 g/mol. The number of methoxy groups -OCH3 is 1. The molecular formula is C14H21ClN2O4S. The van der Waals surface area contributed by atoms with E-state index in [1.54, 1.807) is 13.0 Å². The monoisotopic (exact) mass is 348 g/mol. The number of nitrogens with two attached hydrogens (primary N) is 1. The molecule has 8 heteroatoms. The quantitative estimate of drug-likeness (QED) is 0.832. The van der Waals surface area contributed by atoms with Crippen LogP contribution in [-0.2, 0) is 14.8 Å². The molecule has 0 spiro atoms.